The van der Waals surface area contributed by atoms with E-state index in [-0.39, 0.29) is 30.9 Å². The summed E-state index contributed by atoms with van der Waals surface area (Å²) in [5.41, 5.74) is 3.98. The average Bonchev–Trinajstić information content (AvgIpc) is 3.49. The van der Waals surface area contributed by atoms with E-state index >= 15 is 0 Å². The monoisotopic (exact) mass is 450 g/mol. The molecule has 7 nitrogen and oxygen atoms in total. The molecule has 0 aliphatic heterocycles. The van der Waals surface area contributed by atoms with Crippen molar-refractivity contribution in [3.05, 3.63) is 59.7 Å². The van der Waals surface area contributed by atoms with Crippen LogP contribution < -0.4 is 10.6 Å². The predicted octanol–water partition coefficient (Wildman–Crippen LogP) is 3.78. The Balaban J connectivity index is 1.37. The molecule has 174 valence electrons. The molecule has 1 fully saturated rings. The molecule has 2 aliphatic rings. The molecule has 0 heterocycles. The molecule has 0 saturated heterocycles. The first-order valence-corrected chi connectivity index (χ1v) is 11.3. The number of carboxylic acids is 1. The maximum absolute atomic E-state index is 12.8. The van der Waals surface area contributed by atoms with E-state index < -0.39 is 29.4 Å². The van der Waals surface area contributed by atoms with Crippen LogP contribution >= 0.6 is 0 Å². The quantitative estimate of drug-likeness (QED) is 0.596. The fourth-order valence-corrected chi connectivity index (χ4v) is 4.54. The molecule has 2 aliphatic carbocycles. The summed E-state index contributed by atoms with van der Waals surface area (Å²) < 4.78 is 5.59. The third kappa shape index (κ3) is 4.87. The number of carboxylic acid groups (broad SMARTS) is 1. The second-order valence-electron chi connectivity index (χ2n) is 9.95. The Bertz CT molecular complexity index is 1030. The number of amides is 2. The maximum Gasteiger partial charge on any atom is 0.407 e. The lowest BCUT2D eigenvalue weighted by Gasteiger charge is -2.30. The molecule has 0 bridgehead atoms. The van der Waals surface area contributed by atoms with Crippen molar-refractivity contribution in [1.29, 1.82) is 0 Å². The Hall–Kier alpha value is -3.35. The van der Waals surface area contributed by atoms with Crippen molar-refractivity contribution < 1.29 is 24.2 Å². The third-order valence-electron chi connectivity index (χ3n) is 6.51. The van der Waals surface area contributed by atoms with Crippen LogP contribution in [0.15, 0.2) is 48.5 Å². The number of aliphatic carboxylic acids is 1. The molecule has 0 aromatic heterocycles. The number of rotatable bonds is 7. The number of hydrogen-bond acceptors (Lipinski definition) is 4. The first-order chi connectivity index (χ1) is 15.7. The molecule has 2 unspecified atom stereocenters. The van der Waals surface area contributed by atoms with Crippen LogP contribution in [0.3, 0.4) is 0 Å². The number of fused-ring (bicyclic) bond motifs is 3. The van der Waals surface area contributed by atoms with Crippen molar-refractivity contribution in [3.8, 4) is 11.1 Å². The highest BCUT2D eigenvalue weighted by Gasteiger charge is 2.44. The highest BCUT2D eigenvalue weighted by molar-refractivity contribution is 5.86. The van der Waals surface area contributed by atoms with E-state index in [9.17, 15) is 14.4 Å². The van der Waals surface area contributed by atoms with Crippen LogP contribution in [-0.4, -0.2) is 42.3 Å². The van der Waals surface area contributed by atoms with Gasteiger partial charge in [0.15, 0.2) is 0 Å². The van der Waals surface area contributed by atoms with Gasteiger partial charge in [-0.15, -0.1) is 0 Å². The number of carbonyl (C=O) groups excluding carboxylic acids is 2. The van der Waals surface area contributed by atoms with Crippen LogP contribution in [-0.2, 0) is 14.3 Å². The molecule has 2 aromatic rings. The van der Waals surface area contributed by atoms with Crippen molar-refractivity contribution in [1.82, 2.24) is 10.6 Å². The van der Waals surface area contributed by atoms with Crippen LogP contribution in [0, 0.1) is 17.3 Å². The van der Waals surface area contributed by atoms with Gasteiger partial charge in [0.2, 0.25) is 5.91 Å². The molecule has 3 N–H and O–H groups in total. The Kier molecular flexibility index (Phi) is 6.15. The summed E-state index contributed by atoms with van der Waals surface area (Å²) in [7, 11) is 0. The van der Waals surface area contributed by atoms with E-state index in [4.69, 9.17) is 9.84 Å². The molecule has 3 atom stereocenters. The highest BCUT2D eigenvalue weighted by Crippen LogP contribution is 2.44. The van der Waals surface area contributed by atoms with Crippen LogP contribution in [0.1, 0.15) is 44.2 Å². The van der Waals surface area contributed by atoms with E-state index in [1.807, 2.05) is 45.0 Å². The van der Waals surface area contributed by atoms with Gasteiger partial charge in [-0.05, 0) is 40.0 Å². The van der Waals surface area contributed by atoms with E-state index in [0.717, 1.165) is 22.3 Å². The molecule has 4 rings (SSSR count). The van der Waals surface area contributed by atoms with E-state index in [0.29, 0.717) is 6.42 Å². The van der Waals surface area contributed by atoms with Crippen LogP contribution in [0.4, 0.5) is 4.79 Å². The van der Waals surface area contributed by atoms with Crippen molar-refractivity contribution >= 4 is 18.0 Å². The average molecular weight is 451 g/mol. The van der Waals surface area contributed by atoms with E-state index in [2.05, 4.69) is 34.9 Å². The number of ether oxygens (including phenoxy) is 1. The topological polar surface area (TPSA) is 105 Å². The standard InChI is InChI=1S/C26H30N2O5/c1-26(2,3)22(23(29)27-13-15-12-20(15)24(30)31)28-25(32)33-14-21-18-10-6-4-8-16(18)17-9-5-7-11-19(17)21/h4-11,15,20-22H,12-14H2,1-3H3,(H,27,29)(H,28,32)(H,30,31)/t15?,20?,22-/m1/s1. The SMILES string of the molecule is CC(C)(C)[C@H](NC(=O)OCC1c2ccccc2-c2ccccc21)C(=O)NCC1CC1C(=O)O. The van der Waals surface area contributed by atoms with Crippen molar-refractivity contribution in [3.63, 3.8) is 0 Å². The molecule has 7 heteroatoms. The number of nitrogens with one attached hydrogen (secondary N) is 2. The lowest BCUT2D eigenvalue weighted by molar-refractivity contribution is -0.139. The van der Waals surface area contributed by atoms with Gasteiger partial charge < -0.3 is 20.5 Å². The summed E-state index contributed by atoms with van der Waals surface area (Å²) in [4.78, 5) is 36.5. The maximum atomic E-state index is 12.8. The first kappa shape index (κ1) is 22.8. The fourth-order valence-electron chi connectivity index (χ4n) is 4.54. The van der Waals surface area contributed by atoms with E-state index in [1.165, 1.54) is 0 Å². The minimum Gasteiger partial charge on any atom is -0.481 e. The highest BCUT2D eigenvalue weighted by atomic mass is 16.5. The number of benzene rings is 2. The molecular formula is C26H30N2O5. The van der Waals surface area contributed by atoms with Gasteiger partial charge in [0.05, 0.1) is 5.92 Å². The molecular weight excluding hydrogens is 420 g/mol. The Morgan fingerprint density at radius 2 is 1.61 bits per heavy atom. The van der Waals surface area contributed by atoms with Crippen LogP contribution in [0.2, 0.25) is 0 Å². The Labute approximate surface area is 193 Å². The summed E-state index contributed by atoms with van der Waals surface area (Å²) in [5.74, 6) is -1.69. The Morgan fingerprint density at radius 1 is 1.03 bits per heavy atom. The zero-order valence-corrected chi connectivity index (χ0v) is 19.1. The zero-order chi connectivity index (χ0) is 23.8. The predicted molar refractivity (Wildman–Crippen MR) is 124 cm³/mol. The van der Waals surface area contributed by atoms with E-state index in [1.54, 1.807) is 0 Å². The van der Waals surface area contributed by atoms with Gasteiger partial charge in [-0.2, -0.15) is 0 Å². The molecule has 0 radical (unpaired) electrons. The second-order valence-corrected chi connectivity index (χ2v) is 9.95. The smallest absolute Gasteiger partial charge is 0.407 e. The second kappa shape index (κ2) is 8.89. The zero-order valence-electron chi connectivity index (χ0n) is 19.1. The van der Waals surface area contributed by atoms with Crippen molar-refractivity contribution in [2.45, 2.75) is 39.2 Å². The minimum atomic E-state index is -0.835. The normalized spacial score (nSPS) is 19.7. The number of hydrogen-bond donors (Lipinski definition) is 3. The van der Waals surface area contributed by atoms with Gasteiger partial charge >= 0.3 is 12.1 Å². The lowest BCUT2D eigenvalue weighted by Crippen LogP contribution is -2.54. The molecule has 33 heavy (non-hydrogen) atoms. The number of carbonyl (C=O) groups is 3. The van der Waals surface area contributed by atoms with Crippen LogP contribution in [0.5, 0.6) is 0 Å². The van der Waals surface area contributed by atoms with Crippen molar-refractivity contribution in [2.24, 2.45) is 17.3 Å². The number of alkyl carbamates (subject to hydrolysis) is 1. The molecule has 2 amide bonds. The summed E-state index contributed by atoms with van der Waals surface area (Å²) in [6, 6.07) is 15.4. The van der Waals surface area contributed by atoms with Crippen molar-refractivity contribution in [2.75, 3.05) is 13.2 Å². The largest absolute Gasteiger partial charge is 0.481 e. The Morgan fingerprint density at radius 3 is 2.12 bits per heavy atom. The lowest BCUT2D eigenvalue weighted by atomic mass is 9.86. The molecule has 0 spiro atoms. The van der Waals surface area contributed by atoms with Gasteiger partial charge in [0.1, 0.15) is 12.6 Å². The fraction of sp³-hybridized carbons (Fsp3) is 0.423. The third-order valence-corrected chi connectivity index (χ3v) is 6.51. The summed E-state index contributed by atoms with van der Waals surface area (Å²) in [5, 5.41) is 14.5. The van der Waals surface area contributed by atoms with Gasteiger partial charge in [-0.1, -0.05) is 69.3 Å². The molecule has 2 aromatic carbocycles. The summed E-state index contributed by atoms with van der Waals surface area (Å²) >= 11 is 0. The molecule has 1 saturated carbocycles. The van der Waals surface area contributed by atoms with Gasteiger partial charge in [-0.25, -0.2) is 4.79 Å². The first-order valence-electron chi connectivity index (χ1n) is 11.3. The van der Waals surface area contributed by atoms with Gasteiger partial charge in [-0.3, -0.25) is 9.59 Å². The summed E-state index contributed by atoms with van der Waals surface area (Å²) in [6.45, 7) is 6.03. The van der Waals surface area contributed by atoms with Gasteiger partial charge in [0.25, 0.3) is 0 Å². The van der Waals surface area contributed by atoms with Crippen LogP contribution in [0.25, 0.3) is 11.1 Å². The minimum absolute atomic E-state index is 0.0541. The summed E-state index contributed by atoms with van der Waals surface area (Å²) in [6.07, 6.45) is -0.0861. The van der Waals surface area contributed by atoms with Gasteiger partial charge in [0, 0.05) is 12.5 Å².